The maximum Gasteiger partial charge on any atom is 0.351 e. The number of alkyl halides is 1. The minimum atomic E-state index is -2.30. The number of nitrogen functional groups attached to an aromatic ring is 1. The Hall–Kier alpha value is -1.20. The Morgan fingerprint density at radius 1 is 1.62 bits per heavy atom. The van der Waals surface area contributed by atoms with Gasteiger partial charge in [-0.3, -0.25) is 4.57 Å². The molecular formula is C9H13FN3O7P. The second-order valence-corrected chi connectivity index (χ2v) is 5.17. The van der Waals surface area contributed by atoms with E-state index in [1.54, 1.807) is 0 Å². The molecule has 5 N–H and O–H groups in total. The normalized spacial score (nSPS) is 30.5. The SMILES string of the molecule is Nc1ccn([C@@H]2O[C@H](OOP(O)CO)C(F)[C@@H]2O)c(=O)n1. The molecule has 1 aromatic heterocycles. The number of aliphatic hydroxyl groups excluding tert-OH is 2. The molecule has 0 radical (unpaired) electrons. The lowest BCUT2D eigenvalue weighted by Crippen LogP contribution is -2.34. The number of aliphatic hydroxyl groups is 2. The molecule has 1 saturated heterocycles. The highest BCUT2D eigenvalue weighted by Gasteiger charge is 2.47. The Balaban J connectivity index is 2.10. The Bertz CT molecular complexity index is 546. The summed E-state index contributed by atoms with van der Waals surface area (Å²) in [7, 11) is -2.30. The van der Waals surface area contributed by atoms with Gasteiger partial charge in [0.15, 0.2) is 12.4 Å². The average Bonchev–Trinajstić information content (AvgIpc) is 2.73. The van der Waals surface area contributed by atoms with Crippen molar-refractivity contribution in [1.82, 2.24) is 9.55 Å². The first kappa shape index (κ1) is 16.2. The molecule has 10 nitrogen and oxygen atoms in total. The van der Waals surface area contributed by atoms with Crippen LogP contribution in [0.25, 0.3) is 0 Å². The molecule has 2 rings (SSSR count). The number of halogens is 1. The van der Waals surface area contributed by atoms with E-state index in [1.807, 2.05) is 0 Å². The van der Waals surface area contributed by atoms with Gasteiger partial charge in [0.05, 0.1) is 0 Å². The highest BCUT2D eigenvalue weighted by atomic mass is 31.2. The third kappa shape index (κ3) is 3.52. The van der Waals surface area contributed by atoms with E-state index in [2.05, 4.69) is 14.5 Å². The minimum Gasteiger partial charge on any atom is -0.387 e. The average molecular weight is 325 g/mol. The van der Waals surface area contributed by atoms with Gasteiger partial charge >= 0.3 is 5.69 Å². The zero-order valence-electron chi connectivity index (χ0n) is 10.4. The van der Waals surface area contributed by atoms with Crippen LogP contribution in [0.5, 0.6) is 0 Å². The maximum atomic E-state index is 13.8. The lowest BCUT2D eigenvalue weighted by molar-refractivity contribution is -0.328. The predicted octanol–water partition coefficient (Wildman–Crippen LogP) is -1.42. The summed E-state index contributed by atoms with van der Waals surface area (Å²) in [6.45, 7) is 0. The highest BCUT2D eigenvalue weighted by Crippen LogP contribution is 2.36. The van der Waals surface area contributed by atoms with E-state index in [4.69, 9.17) is 20.5 Å². The molecule has 0 aliphatic carbocycles. The molecule has 2 heterocycles. The highest BCUT2D eigenvalue weighted by molar-refractivity contribution is 7.45. The van der Waals surface area contributed by atoms with Crippen LogP contribution in [0, 0.1) is 0 Å². The number of hydrogen-bond acceptors (Lipinski definition) is 9. The minimum absolute atomic E-state index is 0.0365. The fourth-order valence-corrected chi connectivity index (χ4v) is 1.88. The quantitative estimate of drug-likeness (QED) is 0.290. The molecule has 0 amide bonds. The molecule has 1 fully saturated rings. The van der Waals surface area contributed by atoms with Gasteiger partial charge < -0.3 is 25.6 Å². The summed E-state index contributed by atoms with van der Waals surface area (Å²) < 4.78 is 24.0. The molecule has 12 heteroatoms. The summed E-state index contributed by atoms with van der Waals surface area (Å²) in [5.41, 5.74) is 4.48. The molecule has 1 aliphatic rings. The Morgan fingerprint density at radius 2 is 2.33 bits per heavy atom. The monoisotopic (exact) mass is 325 g/mol. The van der Waals surface area contributed by atoms with Gasteiger partial charge in [0.2, 0.25) is 14.7 Å². The van der Waals surface area contributed by atoms with Crippen LogP contribution in [0.3, 0.4) is 0 Å². The molecule has 5 atom stereocenters. The summed E-state index contributed by atoms with van der Waals surface area (Å²) in [5.74, 6) is -0.0365. The van der Waals surface area contributed by atoms with Crippen molar-refractivity contribution in [2.75, 3.05) is 12.1 Å². The van der Waals surface area contributed by atoms with Crippen molar-refractivity contribution in [3.05, 3.63) is 22.7 Å². The van der Waals surface area contributed by atoms with Crippen LogP contribution in [0.2, 0.25) is 0 Å². The molecule has 118 valence electrons. The van der Waals surface area contributed by atoms with Gasteiger partial charge in [-0.25, -0.2) is 9.18 Å². The van der Waals surface area contributed by atoms with Crippen molar-refractivity contribution < 1.29 is 33.8 Å². The second kappa shape index (κ2) is 6.71. The number of rotatable bonds is 5. The van der Waals surface area contributed by atoms with Gasteiger partial charge in [0.1, 0.15) is 18.3 Å². The number of aromatic nitrogens is 2. The van der Waals surface area contributed by atoms with Crippen molar-refractivity contribution in [2.45, 2.75) is 24.8 Å². The fraction of sp³-hybridized carbons (Fsp3) is 0.556. The molecule has 0 saturated carbocycles. The van der Waals surface area contributed by atoms with Crippen molar-refractivity contribution in [1.29, 1.82) is 0 Å². The van der Waals surface area contributed by atoms with Crippen LogP contribution in [-0.4, -0.2) is 49.6 Å². The molecular weight excluding hydrogens is 312 g/mol. The van der Waals surface area contributed by atoms with Crippen LogP contribution >= 0.6 is 8.38 Å². The maximum absolute atomic E-state index is 13.8. The van der Waals surface area contributed by atoms with Crippen molar-refractivity contribution in [2.24, 2.45) is 0 Å². The zero-order chi connectivity index (χ0) is 15.6. The van der Waals surface area contributed by atoms with E-state index < -0.39 is 45.2 Å². The van der Waals surface area contributed by atoms with Crippen LogP contribution < -0.4 is 11.4 Å². The predicted molar refractivity (Wildman–Crippen MR) is 66.1 cm³/mol. The molecule has 1 aliphatic heterocycles. The van der Waals surface area contributed by atoms with Gasteiger partial charge in [0.25, 0.3) is 0 Å². The Labute approximate surface area is 118 Å². The number of nitrogens with zero attached hydrogens (tertiary/aromatic N) is 2. The summed E-state index contributed by atoms with van der Waals surface area (Å²) in [6.07, 6.45) is -6.37. The van der Waals surface area contributed by atoms with Crippen molar-refractivity contribution in [3.8, 4) is 0 Å². The van der Waals surface area contributed by atoms with Crippen LogP contribution in [0.1, 0.15) is 6.23 Å². The van der Waals surface area contributed by atoms with Gasteiger partial charge in [-0.2, -0.15) is 14.5 Å². The zero-order valence-corrected chi connectivity index (χ0v) is 11.3. The molecule has 2 unspecified atom stereocenters. The Kier molecular flexibility index (Phi) is 5.17. The first-order chi connectivity index (χ1) is 9.93. The largest absolute Gasteiger partial charge is 0.387 e. The van der Waals surface area contributed by atoms with E-state index >= 15 is 0 Å². The number of hydrogen-bond donors (Lipinski definition) is 4. The molecule has 21 heavy (non-hydrogen) atoms. The van der Waals surface area contributed by atoms with Gasteiger partial charge in [-0.05, 0) is 6.07 Å². The standard InChI is InChI=1S/C9H13FN3O7P/c10-5-6(15)7(13-2-1-4(11)12-9(13)16)18-8(5)19-20-21(17)3-14/h1-2,5-8,14-15,17H,3H2,(H2,11,12,16)/t5?,6-,7+,8+,21?/m0/s1. The van der Waals surface area contributed by atoms with E-state index in [1.165, 1.54) is 12.3 Å². The molecule has 0 spiro atoms. The Morgan fingerprint density at radius 3 is 2.95 bits per heavy atom. The van der Waals surface area contributed by atoms with Crippen LogP contribution in [0.4, 0.5) is 10.2 Å². The molecule has 0 aromatic carbocycles. The number of nitrogens with two attached hydrogens (primary N) is 1. The van der Waals surface area contributed by atoms with E-state index in [-0.39, 0.29) is 5.82 Å². The van der Waals surface area contributed by atoms with E-state index in [0.29, 0.717) is 0 Å². The summed E-state index contributed by atoms with van der Waals surface area (Å²) in [4.78, 5) is 28.5. The van der Waals surface area contributed by atoms with Crippen molar-refractivity contribution in [3.63, 3.8) is 0 Å². The van der Waals surface area contributed by atoms with E-state index in [0.717, 1.165) is 4.57 Å². The first-order valence-corrected chi connectivity index (χ1v) is 7.06. The van der Waals surface area contributed by atoms with Crippen LogP contribution in [0.15, 0.2) is 17.1 Å². The summed E-state index contributed by atoms with van der Waals surface area (Å²) >= 11 is 0. The summed E-state index contributed by atoms with van der Waals surface area (Å²) in [5, 5.41) is 18.3. The molecule has 0 bridgehead atoms. The summed E-state index contributed by atoms with van der Waals surface area (Å²) in [6, 6.07) is 1.27. The first-order valence-electron chi connectivity index (χ1n) is 5.67. The third-order valence-corrected chi connectivity index (χ3v) is 3.12. The second-order valence-electron chi connectivity index (χ2n) is 4.04. The lowest BCUT2D eigenvalue weighted by Gasteiger charge is -2.16. The lowest BCUT2D eigenvalue weighted by atomic mass is 10.2. The van der Waals surface area contributed by atoms with Crippen molar-refractivity contribution >= 4 is 14.2 Å². The topological polar surface area (TPSA) is 149 Å². The number of ether oxygens (including phenoxy) is 1. The van der Waals surface area contributed by atoms with Gasteiger partial charge in [0, 0.05) is 6.20 Å². The number of anilines is 1. The van der Waals surface area contributed by atoms with Crippen LogP contribution in [-0.2, 0) is 14.3 Å². The molecule has 1 aromatic rings. The third-order valence-electron chi connectivity index (χ3n) is 2.62. The van der Waals surface area contributed by atoms with Gasteiger partial charge in [-0.15, -0.1) is 0 Å². The van der Waals surface area contributed by atoms with E-state index in [9.17, 15) is 14.3 Å². The smallest absolute Gasteiger partial charge is 0.351 e. The fourth-order valence-electron chi connectivity index (χ4n) is 1.65. The van der Waals surface area contributed by atoms with Gasteiger partial charge in [-0.1, -0.05) is 0 Å².